The first-order chi connectivity index (χ1) is 8.73. The highest BCUT2D eigenvalue weighted by Gasteiger charge is 2.55. The van der Waals surface area contributed by atoms with Gasteiger partial charge >= 0.3 is 0 Å². The van der Waals surface area contributed by atoms with Crippen molar-refractivity contribution in [3.8, 4) is 0 Å². The maximum atomic E-state index is 11.7. The number of nitrogens with two attached hydrogens (primary N) is 1. The second-order valence-electron chi connectivity index (χ2n) is 5.63. The fourth-order valence-corrected chi connectivity index (χ4v) is 3.66. The van der Waals surface area contributed by atoms with Crippen molar-refractivity contribution in [1.82, 2.24) is 5.32 Å². The molecule has 2 saturated carbocycles. The third kappa shape index (κ3) is 2.54. The molecule has 2 unspecified atom stereocenters. The first-order valence-corrected chi connectivity index (χ1v) is 7.34. The molecule has 0 aliphatic heterocycles. The fraction of sp³-hybridized carbons (Fsp3) is 0.929. The van der Waals surface area contributed by atoms with Crippen LogP contribution in [0.5, 0.6) is 0 Å². The summed E-state index contributed by atoms with van der Waals surface area (Å²) in [6.07, 6.45) is 8.03. The molecule has 2 fully saturated rings. The van der Waals surface area contributed by atoms with Gasteiger partial charge in [0.15, 0.2) is 0 Å². The summed E-state index contributed by atoms with van der Waals surface area (Å²) >= 11 is 0. The Bertz CT molecular complexity index is 288. The minimum Gasteiger partial charge on any atom is -0.378 e. The lowest BCUT2D eigenvalue weighted by atomic mass is 9.55. The molecular weight excluding hydrogens is 228 g/mol. The molecule has 0 saturated heterocycles. The van der Waals surface area contributed by atoms with Crippen LogP contribution in [-0.4, -0.2) is 31.2 Å². The highest BCUT2D eigenvalue weighted by atomic mass is 16.5. The molecule has 0 radical (unpaired) electrons. The van der Waals surface area contributed by atoms with Gasteiger partial charge in [0.1, 0.15) is 0 Å². The van der Waals surface area contributed by atoms with E-state index in [1.165, 1.54) is 32.1 Å². The SMILES string of the molecule is CCOC1CC(NC(=O)CCN)C12CCCCC2. The van der Waals surface area contributed by atoms with Gasteiger partial charge in [-0.1, -0.05) is 19.3 Å². The molecule has 18 heavy (non-hydrogen) atoms. The third-order valence-electron chi connectivity index (χ3n) is 4.64. The van der Waals surface area contributed by atoms with Crippen molar-refractivity contribution in [2.24, 2.45) is 11.1 Å². The Kier molecular flexibility index (Phi) is 4.62. The average molecular weight is 254 g/mol. The number of hydrogen-bond donors (Lipinski definition) is 2. The Hall–Kier alpha value is -0.610. The largest absolute Gasteiger partial charge is 0.378 e. The second kappa shape index (κ2) is 6.02. The normalized spacial score (nSPS) is 29.9. The Balaban J connectivity index is 1.96. The number of nitrogens with one attached hydrogen (secondary N) is 1. The number of ether oxygens (including phenoxy) is 1. The highest BCUT2D eigenvalue weighted by Crippen LogP contribution is 2.53. The molecule has 0 aromatic rings. The van der Waals surface area contributed by atoms with Crippen LogP contribution in [0.4, 0.5) is 0 Å². The standard InChI is InChI=1S/C14H26N2O2/c1-2-18-12-10-11(16-13(17)6-9-15)14(12)7-4-3-5-8-14/h11-12H,2-10,15H2,1H3,(H,16,17). The molecule has 0 aromatic heterocycles. The topological polar surface area (TPSA) is 64.3 Å². The predicted molar refractivity (Wildman–Crippen MR) is 71.2 cm³/mol. The predicted octanol–water partition coefficient (Wildman–Crippen LogP) is 1.58. The number of carbonyl (C=O) groups is 1. The summed E-state index contributed by atoms with van der Waals surface area (Å²) in [6.45, 7) is 3.26. The van der Waals surface area contributed by atoms with E-state index in [0.717, 1.165) is 13.0 Å². The van der Waals surface area contributed by atoms with Crippen LogP contribution < -0.4 is 11.1 Å². The minimum atomic E-state index is 0.0994. The average Bonchev–Trinajstić information content (AvgIpc) is 2.39. The lowest BCUT2D eigenvalue weighted by Crippen LogP contribution is -2.65. The molecule has 2 aliphatic carbocycles. The first kappa shape index (κ1) is 13.8. The molecule has 0 aromatic carbocycles. The molecule has 104 valence electrons. The fourth-order valence-electron chi connectivity index (χ4n) is 3.66. The van der Waals surface area contributed by atoms with Gasteiger partial charge in [-0.3, -0.25) is 4.79 Å². The molecule has 3 N–H and O–H groups in total. The molecule has 4 heteroatoms. The van der Waals surface area contributed by atoms with Crippen LogP contribution in [0.2, 0.25) is 0 Å². The maximum Gasteiger partial charge on any atom is 0.221 e. The van der Waals surface area contributed by atoms with Gasteiger partial charge in [-0.15, -0.1) is 0 Å². The lowest BCUT2D eigenvalue weighted by molar-refractivity contribution is -0.156. The summed E-state index contributed by atoms with van der Waals surface area (Å²) in [5, 5.41) is 3.17. The van der Waals surface area contributed by atoms with Crippen molar-refractivity contribution >= 4 is 5.91 Å². The van der Waals surface area contributed by atoms with Gasteiger partial charge in [-0.05, 0) is 26.2 Å². The zero-order valence-corrected chi connectivity index (χ0v) is 11.4. The number of hydrogen-bond acceptors (Lipinski definition) is 3. The van der Waals surface area contributed by atoms with Crippen LogP contribution in [0.25, 0.3) is 0 Å². The van der Waals surface area contributed by atoms with Crippen LogP contribution in [-0.2, 0) is 9.53 Å². The van der Waals surface area contributed by atoms with Crippen LogP contribution >= 0.6 is 0 Å². The van der Waals surface area contributed by atoms with Crippen molar-refractivity contribution in [3.05, 3.63) is 0 Å². The van der Waals surface area contributed by atoms with Gasteiger partial charge in [0, 0.05) is 31.0 Å². The number of carbonyl (C=O) groups excluding carboxylic acids is 1. The van der Waals surface area contributed by atoms with E-state index in [-0.39, 0.29) is 11.3 Å². The van der Waals surface area contributed by atoms with Crippen LogP contribution in [0.15, 0.2) is 0 Å². The highest BCUT2D eigenvalue weighted by molar-refractivity contribution is 5.76. The Labute approximate surface area is 110 Å². The van der Waals surface area contributed by atoms with Gasteiger partial charge in [-0.25, -0.2) is 0 Å². The van der Waals surface area contributed by atoms with Crippen molar-refractivity contribution < 1.29 is 9.53 Å². The van der Waals surface area contributed by atoms with Crippen molar-refractivity contribution in [2.45, 2.75) is 64.0 Å². The molecule has 2 rings (SSSR count). The molecule has 1 spiro atoms. The van der Waals surface area contributed by atoms with Crippen LogP contribution in [0.3, 0.4) is 0 Å². The van der Waals surface area contributed by atoms with E-state index >= 15 is 0 Å². The van der Waals surface area contributed by atoms with E-state index in [1.807, 2.05) is 0 Å². The van der Waals surface area contributed by atoms with Gasteiger partial charge < -0.3 is 15.8 Å². The quantitative estimate of drug-likeness (QED) is 0.783. The van der Waals surface area contributed by atoms with E-state index in [1.54, 1.807) is 0 Å². The zero-order chi connectivity index (χ0) is 13.0. The van der Waals surface area contributed by atoms with Gasteiger partial charge in [-0.2, -0.15) is 0 Å². The molecular formula is C14H26N2O2. The molecule has 2 aliphatic rings. The van der Waals surface area contributed by atoms with Crippen molar-refractivity contribution in [1.29, 1.82) is 0 Å². The number of rotatable bonds is 5. The molecule has 4 nitrogen and oxygen atoms in total. The van der Waals surface area contributed by atoms with E-state index in [0.29, 0.717) is 25.1 Å². The Morgan fingerprint density at radius 1 is 1.39 bits per heavy atom. The summed E-state index contributed by atoms with van der Waals surface area (Å²) < 4.78 is 5.87. The molecule has 1 amide bonds. The summed E-state index contributed by atoms with van der Waals surface area (Å²) in [6, 6.07) is 0.313. The number of amides is 1. The molecule has 0 bridgehead atoms. The second-order valence-corrected chi connectivity index (χ2v) is 5.63. The van der Waals surface area contributed by atoms with E-state index in [2.05, 4.69) is 12.2 Å². The lowest BCUT2D eigenvalue weighted by Gasteiger charge is -2.57. The Morgan fingerprint density at radius 2 is 2.11 bits per heavy atom. The summed E-state index contributed by atoms with van der Waals surface area (Å²) in [5.41, 5.74) is 5.64. The van der Waals surface area contributed by atoms with Crippen LogP contribution in [0, 0.1) is 5.41 Å². The van der Waals surface area contributed by atoms with Crippen LogP contribution in [0.1, 0.15) is 51.9 Å². The Morgan fingerprint density at radius 3 is 2.72 bits per heavy atom. The molecule has 2 atom stereocenters. The van der Waals surface area contributed by atoms with Gasteiger partial charge in [0.05, 0.1) is 6.10 Å². The van der Waals surface area contributed by atoms with Gasteiger partial charge in [0.25, 0.3) is 0 Å². The third-order valence-corrected chi connectivity index (χ3v) is 4.64. The van der Waals surface area contributed by atoms with Crippen molar-refractivity contribution in [2.75, 3.05) is 13.2 Å². The first-order valence-electron chi connectivity index (χ1n) is 7.34. The van der Waals surface area contributed by atoms with E-state index < -0.39 is 0 Å². The maximum absolute atomic E-state index is 11.7. The monoisotopic (exact) mass is 254 g/mol. The van der Waals surface area contributed by atoms with Crippen molar-refractivity contribution in [3.63, 3.8) is 0 Å². The summed E-state index contributed by atoms with van der Waals surface area (Å²) in [4.78, 5) is 11.7. The summed E-state index contributed by atoms with van der Waals surface area (Å²) in [5.74, 6) is 0.0994. The summed E-state index contributed by atoms with van der Waals surface area (Å²) in [7, 11) is 0. The van der Waals surface area contributed by atoms with E-state index in [4.69, 9.17) is 10.5 Å². The van der Waals surface area contributed by atoms with Gasteiger partial charge in [0.2, 0.25) is 5.91 Å². The zero-order valence-electron chi connectivity index (χ0n) is 11.4. The van der Waals surface area contributed by atoms with E-state index in [9.17, 15) is 4.79 Å². The molecule has 0 heterocycles. The minimum absolute atomic E-state index is 0.0994. The smallest absolute Gasteiger partial charge is 0.221 e.